The van der Waals surface area contributed by atoms with Crippen molar-refractivity contribution in [1.82, 2.24) is 5.32 Å². The van der Waals surface area contributed by atoms with Crippen LogP contribution in [-0.4, -0.2) is 39.0 Å². The van der Waals surface area contributed by atoms with Gasteiger partial charge < -0.3 is 15.8 Å². The van der Waals surface area contributed by atoms with Crippen LogP contribution < -0.4 is 15.8 Å². The molecule has 0 heterocycles. The Kier molecular flexibility index (Phi) is 10.7. The van der Waals surface area contributed by atoms with Crippen molar-refractivity contribution in [1.29, 1.82) is 0 Å². The highest BCUT2D eigenvalue weighted by Crippen LogP contribution is 2.13. The third-order valence-corrected chi connectivity index (χ3v) is 4.25. The number of carbonyl (C=O) groups is 1. The lowest BCUT2D eigenvalue weighted by atomic mass is 10.2. The first-order valence-corrected chi connectivity index (χ1v) is 9.80. The molecular weight excluding hydrogens is 352 g/mol. The third kappa shape index (κ3) is 9.75. The topological polar surface area (TPSA) is 98.5 Å². The summed E-state index contributed by atoms with van der Waals surface area (Å²) < 4.78 is 27.8. The summed E-state index contributed by atoms with van der Waals surface area (Å²) in [6.45, 7) is 3.10. The summed E-state index contributed by atoms with van der Waals surface area (Å²) in [6, 6.07) is 6.67. The molecule has 1 atom stereocenters. The average molecular weight is 379 g/mol. The number of carbonyl (C=O) groups excluding carboxylic acids is 1. The van der Waals surface area contributed by atoms with Crippen LogP contribution in [0.2, 0.25) is 0 Å². The summed E-state index contributed by atoms with van der Waals surface area (Å²) in [7, 11) is -3.11. The monoisotopic (exact) mass is 378 g/mol. The van der Waals surface area contributed by atoms with E-state index in [9.17, 15) is 13.2 Å². The van der Waals surface area contributed by atoms with Crippen LogP contribution in [0.4, 0.5) is 0 Å². The Morgan fingerprint density at radius 2 is 2.08 bits per heavy atom. The van der Waals surface area contributed by atoms with E-state index in [2.05, 4.69) is 12.2 Å². The Morgan fingerprint density at radius 1 is 1.38 bits per heavy atom. The van der Waals surface area contributed by atoms with E-state index < -0.39 is 15.9 Å². The van der Waals surface area contributed by atoms with E-state index in [1.54, 1.807) is 0 Å². The maximum atomic E-state index is 11.9. The van der Waals surface area contributed by atoms with Gasteiger partial charge in [0.25, 0.3) is 0 Å². The predicted molar refractivity (Wildman–Crippen MR) is 98.2 cm³/mol. The van der Waals surface area contributed by atoms with E-state index in [1.807, 2.05) is 24.3 Å². The molecule has 0 aliphatic carbocycles. The van der Waals surface area contributed by atoms with Gasteiger partial charge in [-0.05, 0) is 30.5 Å². The van der Waals surface area contributed by atoms with Crippen LogP contribution in [0.15, 0.2) is 24.3 Å². The van der Waals surface area contributed by atoms with Gasteiger partial charge in [-0.1, -0.05) is 25.5 Å². The highest BCUT2D eigenvalue weighted by Gasteiger charge is 2.15. The van der Waals surface area contributed by atoms with Gasteiger partial charge in [-0.3, -0.25) is 4.79 Å². The second-order valence-electron chi connectivity index (χ2n) is 5.59. The fourth-order valence-corrected chi connectivity index (χ4v) is 2.55. The number of halogens is 1. The number of amides is 1. The highest BCUT2D eigenvalue weighted by atomic mass is 35.5. The van der Waals surface area contributed by atoms with Crippen molar-refractivity contribution in [3.05, 3.63) is 29.8 Å². The molecule has 6 nitrogen and oxygen atoms in total. The molecule has 1 rings (SSSR count). The third-order valence-electron chi connectivity index (χ3n) is 3.27. The van der Waals surface area contributed by atoms with Gasteiger partial charge in [0.2, 0.25) is 5.91 Å². The number of hydrogen-bond acceptors (Lipinski definition) is 5. The molecule has 0 saturated heterocycles. The van der Waals surface area contributed by atoms with Crippen molar-refractivity contribution in [2.45, 2.75) is 38.8 Å². The first kappa shape index (κ1) is 22.7. The molecule has 0 fully saturated rings. The molecule has 0 saturated carbocycles. The van der Waals surface area contributed by atoms with Gasteiger partial charge in [-0.2, -0.15) is 0 Å². The van der Waals surface area contributed by atoms with Gasteiger partial charge in [0, 0.05) is 12.8 Å². The maximum Gasteiger partial charge on any atom is 0.237 e. The van der Waals surface area contributed by atoms with Crippen molar-refractivity contribution in [3.63, 3.8) is 0 Å². The van der Waals surface area contributed by atoms with Crippen molar-refractivity contribution in [3.8, 4) is 5.75 Å². The lowest BCUT2D eigenvalue weighted by Crippen LogP contribution is -2.41. The zero-order valence-corrected chi connectivity index (χ0v) is 15.8. The summed E-state index contributed by atoms with van der Waals surface area (Å²) in [5.74, 6) is 0.319. The summed E-state index contributed by atoms with van der Waals surface area (Å²) in [6.07, 6.45) is 3.31. The fourth-order valence-electron chi connectivity index (χ4n) is 1.87. The Labute approximate surface area is 150 Å². The van der Waals surface area contributed by atoms with Crippen LogP contribution in [-0.2, 0) is 21.2 Å². The lowest BCUT2D eigenvalue weighted by Gasteiger charge is -2.12. The Bertz CT molecular complexity index is 608. The van der Waals surface area contributed by atoms with E-state index in [0.717, 1.165) is 30.4 Å². The van der Waals surface area contributed by atoms with Crippen molar-refractivity contribution in [2.75, 3.05) is 18.6 Å². The lowest BCUT2D eigenvalue weighted by molar-refractivity contribution is -0.122. The first-order chi connectivity index (χ1) is 10.8. The molecule has 0 aliphatic heterocycles. The number of rotatable bonds is 10. The SMILES string of the molecule is CCCCOc1cccc(CNC(=O)C(N)CCS(C)(=O)=O)c1.Cl. The van der Waals surface area contributed by atoms with Gasteiger partial charge in [-0.25, -0.2) is 8.42 Å². The zero-order chi connectivity index (χ0) is 17.3. The van der Waals surface area contributed by atoms with Crippen LogP contribution in [0.1, 0.15) is 31.7 Å². The molecule has 1 aromatic rings. The average Bonchev–Trinajstić information content (AvgIpc) is 2.50. The number of sulfone groups is 1. The molecule has 8 heteroatoms. The normalized spacial score (nSPS) is 12.1. The molecule has 1 amide bonds. The minimum Gasteiger partial charge on any atom is -0.494 e. The Balaban J connectivity index is 0.00000529. The minimum atomic E-state index is -3.11. The Hall–Kier alpha value is -1.31. The highest BCUT2D eigenvalue weighted by molar-refractivity contribution is 7.90. The van der Waals surface area contributed by atoms with E-state index in [-0.39, 0.29) is 30.5 Å². The van der Waals surface area contributed by atoms with Crippen molar-refractivity contribution < 1.29 is 17.9 Å². The molecule has 0 spiro atoms. The fraction of sp³-hybridized carbons (Fsp3) is 0.562. The van der Waals surface area contributed by atoms with E-state index in [0.29, 0.717) is 13.2 Å². The number of nitrogens with one attached hydrogen (secondary N) is 1. The molecule has 1 unspecified atom stereocenters. The predicted octanol–water partition coefficient (Wildman–Crippen LogP) is 1.67. The maximum absolute atomic E-state index is 11.9. The summed E-state index contributed by atoms with van der Waals surface area (Å²) in [5.41, 5.74) is 6.60. The smallest absolute Gasteiger partial charge is 0.237 e. The summed E-state index contributed by atoms with van der Waals surface area (Å²) in [5, 5.41) is 2.72. The number of hydrogen-bond donors (Lipinski definition) is 2. The second kappa shape index (κ2) is 11.3. The van der Waals surface area contributed by atoms with Gasteiger partial charge in [0.1, 0.15) is 15.6 Å². The molecule has 3 N–H and O–H groups in total. The molecule has 0 bridgehead atoms. The Morgan fingerprint density at radius 3 is 2.71 bits per heavy atom. The zero-order valence-electron chi connectivity index (χ0n) is 14.2. The van der Waals surface area contributed by atoms with Crippen molar-refractivity contribution in [2.24, 2.45) is 5.73 Å². The number of ether oxygens (including phenoxy) is 1. The second-order valence-corrected chi connectivity index (χ2v) is 7.85. The molecule has 0 radical (unpaired) electrons. The van der Waals surface area contributed by atoms with Crippen LogP contribution in [0.25, 0.3) is 0 Å². The number of nitrogens with two attached hydrogens (primary N) is 1. The molecule has 1 aromatic carbocycles. The summed E-state index contributed by atoms with van der Waals surface area (Å²) >= 11 is 0. The first-order valence-electron chi connectivity index (χ1n) is 7.74. The van der Waals surface area contributed by atoms with Gasteiger partial charge in [0.05, 0.1) is 18.4 Å². The van der Waals surface area contributed by atoms with Gasteiger partial charge >= 0.3 is 0 Å². The molecule has 138 valence electrons. The number of unbranched alkanes of at least 4 members (excludes halogenated alkanes) is 1. The molecule has 24 heavy (non-hydrogen) atoms. The standard InChI is InChI=1S/C16H26N2O4S.ClH/c1-3-4-9-22-14-7-5-6-13(11-14)12-18-16(19)15(17)8-10-23(2,20)21;/h5-7,11,15H,3-4,8-10,12,17H2,1-2H3,(H,18,19);1H. The molecule has 0 aromatic heterocycles. The van der Waals surface area contributed by atoms with Crippen LogP contribution >= 0.6 is 12.4 Å². The van der Waals surface area contributed by atoms with E-state index in [1.165, 1.54) is 0 Å². The van der Waals surface area contributed by atoms with Crippen molar-refractivity contribution >= 4 is 28.2 Å². The molecular formula is C16H27ClN2O4S. The van der Waals surface area contributed by atoms with Gasteiger partial charge in [-0.15, -0.1) is 12.4 Å². The van der Waals surface area contributed by atoms with E-state index >= 15 is 0 Å². The van der Waals surface area contributed by atoms with E-state index in [4.69, 9.17) is 10.5 Å². The van der Waals surface area contributed by atoms with Gasteiger partial charge in [0.15, 0.2) is 0 Å². The minimum absolute atomic E-state index is 0. The van der Waals surface area contributed by atoms with Crippen LogP contribution in [0, 0.1) is 0 Å². The quantitative estimate of drug-likeness (QED) is 0.603. The molecule has 0 aliphatic rings. The van der Waals surface area contributed by atoms with Crippen LogP contribution in [0.3, 0.4) is 0 Å². The van der Waals surface area contributed by atoms with Crippen LogP contribution in [0.5, 0.6) is 5.75 Å². The largest absolute Gasteiger partial charge is 0.494 e. The number of benzene rings is 1. The summed E-state index contributed by atoms with van der Waals surface area (Å²) in [4.78, 5) is 11.9.